The van der Waals surface area contributed by atoms with Crippen LogP contribution in [-0.4, -0.2) is 32.1 Å². The van der Waals surface area contributed by atoms with Crippen molar-refractivity contribution in [3.05, 3.63) is 71.8 Å². The Morgan fingerprint density at radius 1 is 0.850 bits per heavy atom. The molecule has 0 heterocycles. The summed E-state index contributed by atoms with van der Waals surface area (Å²) in [4.78, 5) is 2.13. The van der Waals surface area contributed by atoms with E-state index in [-0.39, 0.29) is 35.7 Å². The number of nitrogens with zero attached hydrogens (tertiary/aromatic N) is 1. The van der Waals surface area contributed by atoms with Gasteiger partial charge in [0.05, 0.1) is 6.61 Å². The van der Waals surface area contributed by atoms with Crippen molar-refractivity contribution in [2.24, 2.45) is 0 Å². The third-order valence-electron chi connectivity index (χ3n) is 3.03. The van der Waals surface area contributed by atoms with E-state index in [2.05, 4.69) is 67.5 Å². The first kappa shape index (κ1) is 17.4. The van der Waals surface area contributed by atoms with Gasteiger partial charge in [-0.1, -0.05) is 60.7 Å². The number of hydrogen-bond acceptors (Lipinski definition) is 2. The predicted octanol–water partition coefficient (Wildman–Crippen LogP) is 0.358. The van der Waals surface area contributed by atoms with Gasteiger partial charge in [-0.05, 0) is 25.2 Å². The third-order valence-corrected chi connectivity index (χ3v) is 3.03. The largest absolute Gasteiger partial charge is 1.00 e. The Morgan fingerprint density at radius 3 is 1.70 bits per heavy atom. The molecule has 0 atom stereocenters. The van der Waals surface area contributed by atoms with E-state index < -0.39 is 0 Å². The molecule has 2 rings (SSSR count). The molecule has 0 amide bonds. The van der Waals surface area contributed by atoms with E-state index in [4.69, 9.17) is 4.74 Å². The van der Waals surface area contributed by atoms with Crippen molar-refractivity contribution in [3.63, 3.8) is 0 Å². The second kappa shape index (κ2) is 9.32. The van der Waals surface area contributed by atoms with Crippen LogP contribution in [0, 0.1) is 0 Å². The molecule has 0 aliphatic carbocycles. The fourth-order valence-corrected chi connectivity index (χ4v) is 1.99. The molecule has 2 aromatic rings. The topological polar surface area (TPSA) is 12.5 Å². The molecule has 0 N–H and O–H groups in total. The molecule has 100 valence electrons. The Hall–Kier alpha value is -0.640. The molecule has 0 radical (unpaired) electrons. The summed E-state index contributed by atoms with van der Waals surface area (Å²) in [5.74, 6) is 0. The molecule has 0 aromatic heterocycles. The van der Waals surface area contributed by atoms with Gasteiger partial charge in [0, 0.05) is 6.54 Å². The SMILES string of the molecule is CN(C)CCOC(c1ccccc1)c1ccccc1.[Na+]. The molecular formula is C17H21NNaO+. The van der Waals surface area contributed by atoms with E-state index in [1.165, 1.54) is 11.1 Å². The monoisotopic (exact) mass is 278 g/mol. The summed E-state index contributed by atoms with van der Waals surface area (Å²) >= 11 is 0. The Balaban J connectivity index is 0.00000200. The maximum absolute atomic E-state index is 6.08. The van der Waals surface area contributed by atoms with Gasteiger partial charge in [0.1, 0.15) is 6.10 Å². The minimum atomic E-state index is 0. The van der Waals surface area contributed by atoms with Gasteiger partial charge in [0.25, 0.3) is 0 Å². The summed E-state index contributed by atoms with van der Waals surface area (Å²) < 4.78 is 6.08. The van der Waals surface area contributed by atoms with Crippen molar-refractivity contribution in [1.82, 2.24) is 4.90 Å². The van der Waals surface area contributed by atoms with Gasteiger partial charge in [-0.15, -0.1) is 0 Å². The number of benzene rings is 2. The number of hydrogen-bond donors (Lipinski definition) is 0. The summed E-state index contributed by atoms with van der Waals surface area (Å²) in [5.41, 5.74) is 2.40. The molecule has 3 heteroatoms. The molecule has 0 saturated carbocycles. The normalized spacial score (nSPS) is 10.6. The Labute approximate surface area is 144 Å². The van der Waals surface area contributed by atoms with Crippen molar-refractivity contribution >= 4 is 0 Å². The number of rotatable bonds is 6. The molecule has 2 aromatic carbocycles. The second-order valence-electron chi connectivity index (χ2n) is 4.88. The Morgan fingerprint density at radius 2 is 1.30 bits per heavy atom. The van der Waals surface area contributed by atoms with Crippen molar-refractivity contribution in [2.75, 3.05) is 27.2 Å². The van der Waals surface area contributed by atoms with Gasteiger partial charge in [-0.3, -0.25) is 0 Å². The van der Waals surface area contributed by atoms with Crippen molar-refractivity contribution in [2.45, 2.75) is 6.10 Å². The van der Waals surface area contributed by atoms with Crippen LogP contribution in [0.1, 0.15) is 17.2 Å². The molecule has 0 saturated heterocycles. The zero-order valence-electron chi connectivity index (χ0n) is 12.6. The molecule has 0 aliphatic rings. The number of ether oxygens (including phenoxy) is 1. The zero-order chi connectivity index (χ0) is 13.5. The zero-order valence-corrected chi connectivity index (χ0v) is 14.6. The van der Waals surface area contributed by atoms with Crippen molar-refractivity contribution < 1.29 is 34.3 Å². The summed E-state index contributed by atoms with van der Waals surface area (Å²) in [7, 11) is 4.12. The van der Waals surface area contributed by atoms with E-state index in [0.717, 1.165) is 13.2 Å². The Bertz CT molecular complexity index is 433. The minimum Gasteiger partial charge on any atom is -0.367 e. The predicted molar refractivity (Wildman–Crippen MR) is 79.2 cm³/mol. The third kappa shape index (κ3) is 5.39. The van der Waals surface area contributed by atoms with Crippen LogP contribution in [-0.2, 0) is 4.74 Å². The van der Waals surface area contributed by atoms with E-state index in [1.807, 2.05) is 12.1 Å². The molecule has 0 aliphatic heterocycles. The fourth-order valence-electron chi connectivity index (χ4n) is 1.99. The Kier molecular flexibility index (Phi) is 8.12. The van der Waals surface area contributed by atoms with Crippen LogP contribution in [0.4, 0.5) is 0 Å². The van der Waals surface area contributed by atoms with Crippen LogP contribution in [0.25, 0.3) is 0 Å². The molecule has 20 heavy (non-hydrogen) atoms. The van der Waals surface area contributed by atoms with Gasteiger partial charge < -0.3 is 9.64 Å². The first-order valence-corrected chi connectivity index (χ1v) is 6.63. The second-order valence-corrected chi connectivity index (χ2v) is 4.88. The maximum Gasteiger partial charge on any atom is 1.00 e. The summed E-state index contributed by atoms with van der Waals surface area (Å²) in [5, 5.41) is 0. The fraction of sp³-hybridized carbons (Fsp3) is 0.294. The molecular weight excluding hydrogens is 257 g/mol. The quantitative estimate of drug-likeness (QED) is 0.708. The van der Waals surface area contributed by atoms with Crippen LogP contribution >= 0.6 is 0 Å². The van der Waals surface area contributed by atoms with Crippen molar-refractivity contribution in [3.8, 4) is 0 Å². The van der Waals surface area contributed by atoms with Gasteiger partial charge in [0.15, 0.2) is 0 Å². The first-order valence-electron chi connectivity index (χ1n) is 6.63. The van der Waals surface area contributed by atoms with Gasteiger partial charge in [-0.2, -0.15) is 0 Å². The van der Waals surface area contributed by atoms with Gasteiger partial charge in [0.2, 0.25) is 0 Å². The van der Waals surface area contributed by atoms with Crippen LogP contribution in [0.2, 0.25) is 0 Å². The van der Waals surface area contributed by atoms with Crippen LogP contribution in [0.3, 0.4) is 0 Å². The van der Waals surface area contributed by atoms with Gasteiger partial charge >= 0.3 is 29.6 Å². The van der Waals surface area contributed by atoms with Crippen LogP contribution in [0.15, 0.2) is 60.7 Å². The van der Waals surface area contributed by atoms with E-state index in [9.17, 15) is 0 Å². The van der Waals surface area contributed by atoms with E-state index in [0.29, 0.717) is 0 Å². The maximum atomic E-state index is 6.08. The van der Waals surface area contributed by atoms with Crippen molar-refractivity contribution in [1.29, 1.82) is 0 Å². The molecule has 0 fully saturated rings. The number of likely N-dealkylation sites (N-methyl/N-ethyl adjacent to an activating group) is 1. The van der Waals surface area contributed by atoms with Gasteiger partial charge in [-0.25, -0.2) is 0 Å². The first-order chi connectivity index (χ1) is 9.27. The summed E-state index contributed by atoms with van der Waals surface area (Å²) in [6.45, 7) is 1.65. The van der Waals surface area contributed by atoms with Crippen LogP contribution < -0.4 is 29.6 Å². The van der Waals surface area contributed by atoms with Crippen LogP contribution in [0.5, 0.6) is 0 Å². The molecule has 0 bridgehead atoms. The molecule has 2 nitrogen and oxygen atoms in total. The van der Waals surface area contributed by atoms with E-state index in [1.54, 1.807) is 0 Å². The molecule has 0 unspecified atom stereocenters. The summed E-state index contributed by atoms with van der Waals surface area (Å²) in [6, 6.07) is 20.8. The average Bonchev–Trinajstić information content (AvgIpc) is 2.45. The summed E-state index contributed by atoms with van der Waals surface area (Å²) in [6.07, 6.45) is 0.0161. The average molecular weight is 278 g/mol. The smallest absolute Gasteiger partial charge is 0.367 e. The standard InChI is InChI=1S/C17H21NO.Na/c1-18(2)13-14-19-17(15-9-5-3-6-10-15)16-11-7-4-8-12-16;/h3-12,17H,13-14H2,1-2H3;/q;+1. The van der Waals surface area contributed by atoms with E-state index >= 15 is 0 Å². The minimum absolute atomic E-state index is 0. The molecule has 0 spiro atoms.